The van der Waals surface area contributed by atoms with Gasteiger partial charge in [0.1, 0.15) is 11.5 Å². The molecule has 0 aliphatic carbocycles. The molecule has 1 N–H and O–H groups in total. The van der Waals surface area contributed by atoms with E-state index in [1.807, 2.05) is 0 Å². The number of carbonyl (C=O) groups is 3. The lowest BCUT2D eigenvalue weighted by Gasteiger charge is -2.34. The fourth-order valence-corrected chi connectivity index (χ4v) is 3.42. The standard InChI is InChI=1S/C20H22FN3O4/c1-12-16(20(27)28-3)13(2)22-17(12)19(26)24-10-8-23(9-11-24)18(25)14-4-6-15(21)7-5-14/h4-7,22H,8-11H2,1-3H3. The lowest BCUT2D eigenvalue weighted by atomic mass is 10.1. The number of H-pyrrole nitrogens is 1. The first-order valence-corrected chi connectivity index (χ1v) is 8.95. The van der Waals surface area contributed by atoms with E-state index in [4.69, 9.17) is 4.74 Å². The monoisotopic (exact) mass is 387 g/mol. The number of halogens is 1. The molecule has 7 nitrogen and oxygen atoms in total. The van der Waals surface area contributed by atoms with Crippen LogP contribution in [0, 0.1) is 19.7 Å². The zero-order valence-electron chi connectivity index (χ0n) is 16.0. The van der Waals surface area contributed by atoms with Gasteiger partial charge in [0, 0.05) is 37.4 Å². The minimum Gasteiger partial charge on any atom is -0.465 e. The van der Waals surface area contributed by atoms with Crippen molar-refractivity contribution in [2.75, 3.05) is 33.3 Å². The normalized spacial score (nSPS) is 14.1. The molecule has 2 heterocycles. The zero-order valence-corrected chi connectivity index (χ0v) is 16.0. The Morgan fingerprint density at radius 1 is 0.964 bits per heavy atom. The van der Waals surface area contributed by atoms with Crippen molar-refractivity contribution in [3.05, 3.63) is 58.2 Å². The highest BCUT2D eigenvalue weighted by Gasteiger charge is 2.29. The third kappa shape index (κ3) is 3.62. The number of benzene rings is 1. The first kappa shape index (κ1) is 19.6. The van der Waals surface area contributed by atoms with E-state index < -0.39 is 11.8 Å². The summed E-state index contributed by atoms with van der Waals surface area (Å²) in [5, 5.41) is 0. The predicted molar refractivity (Wildman–Crippen MR) is 99.8 cm³/mol. The molecule has 1 aliphatic heterocycles. The number of hydrogen-bond acceptors (Lipinski definition) is 4. The lowest BCUT2D eigenvalue weighted by Crippen LogP contribution is -2.50. The predicted octanol–water partition coefficient (Wildman–Crippen LogP) is 2.16. The molecule has 0 saturated carbocycles. The van der Waals surface area contributed by atoms with Crippen LogP contribution in [0.4, 0.5) is 4.39 Å². The molecular weight excluding hydrogens is 365 g/mol. The minimum atomic E-state index is -0.486. The number of carbonyl (C=O) groups excluding carboxylic acids is 3. The first-order chi connectivity index (χ1) is 13.3. The molecule has 0 radical (unpaired) electrons. The second kappa shape index (κ2) is 7.84. The number of amides is 2. The van der Waals surface area contributed by atoms with Gasteiger partial charge in [-0.05, 0) is 43.7 Å². The Kier molecular flexibility index (Phi) is 5.48. The summed E-state index contributed by atoms with van der Waals surface area (Å²) in [4.78, 5) is 43.6. The molecule has 1 aliphatic rings. The maximum Gasteiger partial charge on any atom is 0.339 e. The highest BCUT2D eigenvalue weighted by Crippen LogP contribution is 2.21. The average Bonchev–Trinajstić information content (AvgIpc) is 3.01. The Morgan fingerprint density at radius 2 is 1.50 bits per heavy atom. The van der Waals surface area contributed by atoms with Gasteiger partial charge in [-0.2, -0.15) is 0 Å². The van der Waals surface area contributed by atoms with E-state index in [2.05, 4.69) is 4.98 Å². The SMILES string of the molecule is COC(=O)c1c(C)[nH]c(C(=O)N2CCN(C(=O)c3ccc(F)cc3)CC2)c1C. The van der Waals surface area contributed by atoms with E-state index in [0.717, 1.165) is 0 Å². The number of nitrogens with one attached hydrogen (secondary N) is 1. The Balaban J connectivity index is 1.68. The average molecular weight is 387 g/mol. The molecule has 148 valence electrons. The molecule has 28 heavy (non-hydrogen) atoms. The van der Waals surface area contributed by atoms with Crippen molar-refractivity contribution in [3.8, 4) is 0 Å². The summed E-state index contributed by atoms with van der Waals surface area (Å²) in [6.07, 6.45) is 0. The van der Waals surface area contributed by atoms with Gasteiger partial charge < -0.3 is 19.5 Å². The molecule has 0 atom stereocenters. The largest absolute Gasteiger partial charge is 0.465 e. The molecule has 0 spiro atoms. The molecule has 0 unspecified atom stereocenters. The molecule has 1 fully saturated rings. The number of nitrogens with zero attached hydrogens (tertiary/aromatic N) is 2. The number of aromatic nitrogens is 1. The number of esters is 1. The summed E-state index contributed by atoms with van der Waals surface area (Å²) in [5.41, 5.74) is 2.28. The van der Waals surface area contributed by atoms with Crippen LogP contribution in [0.15, 0.2) is 24.3 Å². The quantitative estimate of drug-likeness (QED) is 0.818. The molecule has 1 aromatic carbocycles. The number of aromatic amines is 1. The van der Waals surface area contributed by atoms with Gasteiger partial charge in [0.25, 0.3) is 11.8 Å². The third-order valence-corrected chi connectivity index (χ3v) is 4.99. The van der Waals surface area contributed by atoms with Crippen LogP contribution in [-0.2, 0) is 4.74 Å². The number of ether oxygens (including phenoxy) is 1. The highest BCUT2D eigenvalue weighted by molar-refractivity contribution is 6.00. The van der Waals surface area contributed by atoms with Crippen LogP contribution < -0.4 is 0 Å². The molecule has 2 aromatic rings. The Labute approximate surface area is 162 Å². The number of rotatable bonds is 3. The number of methoxy groups -OCH3 is 1. The molecule has 8 heteroatoms. The number of aryl methyl sites for hydroxylation is 1. The first-order valence-electron chi connectivity index (χ1n) is 8.95. The maximum atomic E-state index is 13.0. The summed E-state index contributed by atoms with van der Waals surface area (Å²) in [6, 6.07) is 5.41. The Bertz CT molecular complexity index is 912. The van der Waals surface area contributed by atoms with Crippen LogP contribution >= 0.6 is 0 Å². The van der Waals surface area contributed by atoms with E-state index in [9.17, 15) is 18.8 Å². The van der Waals surface area contributed by atoms with Crippen LogP contribution in [0.2, 0.25) is 0 Å². The number of piperazine rings is 1. The molecule has 1 aromatic heterocycles. The topological polar surface area (TPSA) is 82.7 Å². The Morgan fingerprint density at radius 3 is 2.04 bits per heavy atom. The van der Waals surface area contributed by atoms with Gasteiger partial charge >= 0.3 is 5.97 Å². The van der Waals surface area contributed by atoms with E-state index >= 15 is 0 Å². The van der Waals surface area contributed by atoms with Crippen molar-refractivity contribution in [2.24, 2.45) is 0 Å². The van der Waals surface area contributed by atoms with Crippen molar-refractivity contribution in [2.45, 2.75) is 13.8 Å². The molecule has 3 rings (SSSR count). The van der Waals surface area contributed by atoms with E-state index in [1.165, 1.54) is 31.4 Å². The minimum absolute atomic E-state index is 0.188. The fourth-order valence-electron chi connectivity index (χ4n) is 3.42. The summed E-state index contributed by atoms with van der Waals surface area (Å²) >= 11 is 0. The zero-order chi connectivity index (χ0) is 20.4. The number of hydrogen-bond donors (Lipinski definition) is 1. The van der Waals surface area contributed by atoms with Crippen molar-refractivity contribution < 1.29 is 23.5 Å². The van der Waals surface area contributed by atoms with E-state index in [1.54, 1.807) is 23.6 Å². The molecule has 2 amide bonds. The smallest absolute Gasteiger partial charge is 0.339 e. The molecule has 1 saturated heterocycles. The van der Waals surface area contributed by atoms with Gasteiger partial charge in [-0.1, -0.05) is 0 Å². The molecular formula is C20H22FN3O4. The van der Waals surface area contributed by atoms with E-state index in [-0.39, 0.29) is 11.8 Å². The summed E-state index contributed by atoms with van der Waals surface area (Å²) in [7, 11) is 1.30. The van der Waals surface area contributed by atoms with Crippen LogP contribution in [0.5, 0.6) is 0 Å². The van der Waals surface area contributed by atoms with E-state index in [0.29, 0.717) is 54.3 Å². The van der Waals surface area contributed by atoms with Gasteiger partial charge in [0.2, 0.25) is 0 Å². The van der Waals surface area contributed by atoms with Gasteiger partial charge in [-0.25, -0.2) is 9.18 Å². The lowest BCUT2D eigenvalue weighted by molar-refractivity contribution is 0.0532. The van der Waals surface area contributed by atoms with Gasteiger partial charge in [-0.15, -0.1) is 0 Å². The van der Waals surface area contributed by atoms with Crippen LogP contribution in [0.3, 0.4) is 0 Å². The van der Waals surface area contributed by atoms with Crippen molar-refractivity contribution >= 4 is 17.8 Å². The third-order valence-electron chi connectivity index (χ3n) is 4.99. The maximum absolute atomic E-state index is 13.0. The molecule has 0 bridgehead atoms. The van der Waals surface area contributed by atoms with Crippen LogP contribution in [0.25, 0.3) is 0 Å². The van der Waals surface area contributed by atoms with Gasteiger partial charge in [0.15, 0.2) is 0 Å². The second-order valence-electron chi connectivity index (χ2n) is 6.71. The Hall–Kier alpha value is -3.16. The summed E-state index contributed by atoms with van der Waals surface area (Å²) in [6.45, 7) is 4.93. The van der Waals surface area contributed by atoms with Crippen molar-refractivity contribution in [1.29, 1.82) is 0 Å². The summed E-state index contributed by atoms with van der Waals surface area (Å²) in [5.74, 6) is -1.29. The summed E-state index contributed by atoms with van der Waals surface area (Å²) < 4.78 is 17.8. The highest BCUT2D eigenvalue weighted by atomic mass is 19.1. The fraction of sp³-hybridized carbons (Fsp3) is 0.350. The van der Waals surface area contributed by atoms with Crippen molar-refractivity contribution in [3.63, 3.8) is 0 Å². The van der Waals surface area contributed by atoms with Gasteiger partial charge in [-0.3, -0.25) is 9.59 Å². The second-order valence-corrected chi connectivity index (χ2v) is 6.71. The van der Waals surface area contributed by atoms with Gasteiger partial charge in [0.05, 0.1) is 12.7 Å². The van der Waals surface area contributed by atoms with Crippen LogP contribution in [-0.4, -0.2) is 65.9 Å². The van der Waals surface area contributed by atoms with Crippen LogP contribution in [0.1, 0.15) is 42.5 Å². The van der Waals surface area contributed by atoms with Crippen molar-refractivity contribution in [1.82, 2.24) is 14.8 Å².